The number of rotatable bonds is 3. The summed E-state index contributed by atoms with van der Waals surface area (Å²) in [5.74, 6) is 0.693. The number of aromatic nitrogens is 2. The molecule has 138 valence electrons. The lowest BCUT2D eigenvalue weighted by Crippen LogP contribution is -1.96. The number of nitrogens with zero attached hydrogens (tertiary/aromatic N) is 2. The molecule has 3 heteroatoms. The van der Waals surface area contributed by atoms with Gasteiger partial charge < -0.3 is 0 Å². The Labute approximate surface area is 174 Å². The lowest BCUT2D eigenvalue weighted by atomic mass is 10.0. The van der Waals surface area contributed by atoms with E-state index >= 15 is 0 Å². The van der Waals surface area contributed by atoms with Crippen LogP contribution in [0.1, 0.15) is 0 Å². The van der Waals surface area contributed by atoms with Crippen LogP contribution >= 0.6 is 11.6 Å². The van der Waals surface area contributed by atoms with Gasteiger partial charge in [-0.1, -0.05) is 96.5 Å². The van der Waals surface area contributed by atoms with Gasteiger partial charge in [0.1, 0.15) is 0 Å². The maximum Gasteiger partial charge on any atom is 0.161 e. The molecule has 0 amide bonds. The second-order valence-corrected chi connectivity index (χ2v) is 7.24. The Bertz CT molecular complexity index is 1240. The Hall–Kier alpha value is -3.49. The van der Waals surface area contributed by atoms with Crippen molar-refractivity contribution >= 4 is 22.4 Å². The van der Waals surface area contributed by atoms with E-state index in [0.29, 0.717) is 5.82 Å². The topological polar surface area (TPSA) is 25.8 Å². The molecule has 0 saturated carbocycles. The predicted octanol–water partition coefficient (Wildman–Crippen LogP) is 7.28. The molecule has 2 nitrogen and oxygen atoms in total. The summed E-state index contributed by atoms with van der Waals surface area (Å²) in [4.78, 5) is 9.85. The molecule has 0 aliphatic heterocycles. The Balaban J connectivity index is 1.79. The maximum atomic E-state index is 6.43. The molecule has 0 fully saturated rings. The van der Waals surface area contributed by atoms with Crippen molar-refractivity contribution in [2.75, 3.05) is 0 Å². The summed E-state index contributed by atoms with van der Waals surface area (Å²) in [6.45, 7) is 0. The molecule has 0 radical (unpaired) electrons. The fourth-order valence-corrected chi connectivity index (χ4v) is 3.77. The second-order valence-electron chi connectivity index (χ2n) is 6.83. The van der Waals surface area contributed by atoms with Gasteiger partial charge in [-0.25, -0.2) is 9.97 Å². The van der Waals surface area contributed by atoms with Crippen molar-refractivity contribution in [2.45, 2.75) is 0 Å². The number of halogens is 1. The molecule has 5 aromatic rings. The van der Waals surface area contributed by atoms with Gasteiger partial charge in [0.15, 0.2) is 5.82 Å². The molecule has 1 heterocycles. The van der Waals surface area contributed by atoms with Gasteiger partial charge >= 0.3 is 0 Å². The van der Waals surface area contributed by atoms with Crippen molar-refractivity contribution in [2.24, 2.45) is 0 Å². The molecular formula is C26H17ClN2. The summed E-state index contributed by atoms with van der Waals surface area (Å²) >= 11 is 6.43. The van der Waals surface area contributed by atoms with Crippen molar-refractivity contribution in [1.82, 2.24) is 9.97 Å². The highest BCUT2D eigenvalue weighted by atomic mass is 35.5. The van der Waals surface area contributed by atoms with E-state index in [2.05, 4.69) is 30.3 Å². The predicted molar refractivity (Wildman–Crippen MR) is 121 cm³/mol. The van der Waals surface area contributed by atoms with Gasteiger partial charge in [0, 0.05) is 27.1 Å². The summed E-state index contributed by atoms with van der Waals surface area (Å²) < 4.78 is 0. The van der Waals surface area contributed by atoms with E-state index in [1.807, 2.05) is 72.8 Å². The lowest BCUT2D eigenvalue weighted by Gasteiger charge is -2.11. The third-order valence-electron chi connectivity index (χ3n) is 4.98. The molecule has 0 atom stereocenters. The van der Waals surface area contributed by atoms with Crippen molar-refractivity contribution in [3.63, 3.8) is 0 Å². The molecular weight excluding hydrogens is 376 g/mol. The zero-order valence-corrected chi connectivity index (χ0v) is 16.3. The highest BCUT2D eigenvalue weighted by molar-refractivity contribution is 6.36. The Kier molecular flexibility index (Phi) is 4.55. The van der Waals surface area contributed by atoms with E-state index in [9.17, 15) is 0 Å². The molecule has 0 N–H and O–H groups in total. The number of fused-ring (bicyclic) bond motifs is 1. The highest BCUT2D eigenvalue weighted by Crippen LogP contribution is 2.34. The summed E-state index contributed by atoms with van der Waals surface area (Å²) in [7, 11) is 0. The van der Waals surface area contributed by atoms with Gasteiger partial charge in [-0.3, -0.25) is 0 Å². The van der Waals surface area contributed by atoms with E-state index < -0.39 is 0 Å². The molecule has 0 aliphatic rings. The van der Waals surface area contributed by atoms with Crippen LogP contribution in [0.15, 0.2) is 103 Å². The van der Waals surface area contributed by atoms with E-state index in [1.54, 1.807) is 0 Å². The van der Waals surface area contributed by atoms with Crippen LogP contribution in [0.2, 0.25) is 5.02 Å². The van der Waals surface area contributed by atoms with Crippen LogP contribution in [-0.4, -0.2) is 9.97 Å². The molecule has 1 aromatic heterocycles. The van der Waals surface area contributed by atoms with Gasteiger partial charge in [0.2, 0.25) is 0 Å². The van der Waals surface area contributed by atoms with Gasteiger partial charge in [0.05, 0.1) is 11.4 Å². The van der Waals surface area contributed by atoms with Gasteiger partial charge in [-0.2, -0.15) is 0 Å². The van der Waals surface area contributed by atoms with Gasteiger partial charge in [-0.15, -0.1) is 0 Å². The minimum atomic E-state index is 0.693. The average molecular weight is 393 g/mol. The van der Waals surface area contributed by atoms with Crippen LogP contribution in [0.25, 0.3) is 44.7 Å². The third-order valence-corrected chi connectivity index (χ3v) is 5.31. The molecule has 29 heavy (non-hydrogen) atoms. The van der Waals surface area contributed by atoms with Crippen LogP contribution in [0.4, 0.5) is 0 Å². The average Bonchev–Trinajstić information content (AvgIpc) is 2.80. The SMILES string of the molecule is Clc1ccc(-c2nc(-c3ccccc3)cc(-c3ccccc3)n2)c2ccccc12. The van der Waals surface area contributed by atoms with Crippen LogP contribution in [0, 0.1) is 0 Å². The molecule has 5 rings (SSSR count). The zero-order chi connectivity index (χ0) is 19.6. The fourth-order valence-electron chi connectivity index (χ4n) is 3.54. The van der Waals surface area contributed by atoms with Crippen LogP contribution in [0.5, 0.6) is 0 Å². The van der Waals surface area contributed by atoms with Crippen molar-refractivity contribution in [3.05, 3.63) is 108 Å². The Morgan fingerprint density at radius 2 is 1.03 bits per heavy atom. The first-order valence-electron chi connectivity index (χ1n) is 9.47. The number of benzene rings is 4. The van der Waals surface area contributed by atoms with Gasteiger partial charge in [-0.05, 0) is 23.6 Å². The monoisotopic (exact) mass is 392 g/mol. The molecule has 0 aliphatic carbocycles. The maximum absolute atomic E-state index is 6.43. The minimum Gasteiger partial charge on any atom is -0.228 e. The molecule has 0 spiro atoms. The number of hydrogen-bond donors (Lipinski definition) is 0. The van der Waals surface area contributed by atoms with E-state index in [4.69, 9.17) is 21.6 Å². The van der Waals surface area contributed by atoms with Crippen molar-refractivity contribution < 1.29 is 0 Å². The van der Waals surface area contributed by atoms with E-state index in [1.165, 1.54) is 0 Å². The molecule has 4 aromatic carbocycles. The van der Waals surface area contributed by atoms with E-state index in [0.717, 1.165) is 43.9 Å². The quantitative estimate of drug-likeness (QED) is 0.322. The van der Waals surface area contributed by atoms with Gasteiger partial charge in [0.25, 0.3) is 0 Å². The largest absolute Gasteiger partial charge is 0.228 e. The first-order chi connectivity index (χ1) is 14.3. The molecule has 0 unspecified atom stereocenters. The molecule has 0 bridgehead atoms. The summed E-state index contributed by atoms with van der Waals surface area (Å²) in [5, 5.41) is 2.78. The normalized spacial score (nSPS) is 10.9. The Morgan fingerprint density at radius 1 is 0.517 bits per heavy atom. The minimum absolute atomic E-state index is 0.693. The first-order valence-corrected chi connectivity index (χ1v) is 9.85. The fraction of sp³-hybridized carbons (Fsp3) is 0. The third kappa shape index (κ3) is 3.39. The summed E-state index contributed by atoms with van der Waals surface area (Å²) in [5.41, 5.74) is 4.89. The second kappa shape index (κ2) is 7.50. The van der Waals surface area contributed by atoms with Crippen LogP contribution < -0.4 is 0 Å². The summed E-state index contributed by atoms with van der Waals surface area (Å²) in [6, 6.07) is 34.5. The smallest absolute Gasteiger partial charge is 0.161 e. The van der Waals surface area contributed by atoms with E-state index in [-0.39, 0.29) is 0 Å². The van der Waals surface area contributed by atoms with Crippen molar-refractivity contribution in [3.8, 4) is 33.9 Å². The van der Waals surface area contributed by atoms with Crippen LogP contribution in [0.3, 0.4) is 0 Å². The standard InChI is InChI=1S/C26H17ClN2/c27-23-16-15-22(20-13-7-8-14-21(20)23)26-28-24(18-9-3-1-4-10-18)17-25(29-26)19-11-5-2-6-12-19/h1-17H. The highest BCUT2D eigenvalue weighted by Gasteiger charge is 2.13. The zero-order valence-electron chi connectivity index (χ0n) is 15.6. The van der Waals surface area contributed by atoms with Crippen LogP contribution in [-0.2, 0) is 0 Å². The molecule has 0 saturated heterocycles. The summed E-state index contributed by atoms with van der Waals surface area (Å²) in [6.07, 6.45) is 0. The first kappa shape index (κ1) is 17.6. The lowest BCUT2D eigenvalue weighted by molar-refractivity contribution is 1.19. The number of hydrogen-bond acceptors (Lipinski definition) is 2. The Morgan fingerprint density at radius 3 is 1.62 bits per heavy atom. The van der Waals surface area contributed by atoms with Crippen molar-refractivity contribution in [1.29, 1.82) is 0 Å².